The highest BCUT2D eigenvalue weighted by molar-refractivity contribution is 6.32. The van der Waals surface area contributed by atoms with Gasteiger partial charge in [0, 0.05) is 47.4 Å². The lowest BCUT2D eigenvalue weighted by atomic mass is 10.1. The summed E-state index contributed by atoms with van der Waals surface area (Å²) in [5, 5.41) is 2.44. The highest BCUT2D eigenvalue weighted by atomic mass is 35.5. The number of aromatic nitrogens is 6. The van der Waals surface area contributed by atoms with Gasteiger partial charge in [-0.1, -0.05) is 68.0 Å². The number of rotatable bonds is 3. The van der Waals surface area contributed by atoms with Gasteiger partial charge in [-0.2, -0.15) is 0 Å². The summed E-state index contributed by atoms with van der Waals surface area (Å²) in [6.07, 6.45) is 16.6. The third-order valence-electron chi connectivity index (χ3n) is 7.93. The molecule has 2 fully saturated rings. The van der Waals surface area contributed by atoms with E-state index in [9.17, 15) is 0 Å². The summed E-state index contributed by atoms with van der Waals surface area (Å²) < 4.78 is 0. The molecular weight excluding hydrogens is 582 g/mol. The molecule has 0 unspecified atom stereocenters. The minimum Gasteiger partial charge on any atom is -0.382 e. The van der Waals surface area contributed by atoms with Crippen molar-refractivity contribution in [2.75, 3.05) is 29.5 Å². The Balaban J connectivity index is 0.000000139. The Kier molecular flexibility index (Phi) is 9.56. The Morgan fingerprint density at radius 2 is 1.09 bits per heavy atom. The normalized spacial score (nSPS) is 14.1. The van der Waals surface area contributed by atoms with E-state index in [2.05, 4.69) is 53.0 Å². The van der Waals surface area contributed by atoms with Crippen LogP contribution in [-0.4, -0.2) is 43.0 Å². The summed E-state index contributed by atoms with van der Waals surface area (Å²) in [5.41, 5.74) is 16.8. The second-order valence-electron chi connectivity index (χ2n) is 11.2. The molecule has 5 heterocycles. The van der Waals surface area contributed by atoms with Gasteiger partial charge in [-0.05, 0) is 49.2 Å². The van der Waals surface area contributed by atoms with Crippen LogP contribution in [0.4, 0.5) is 17.5 Å². The number of nitrogens with two attached hydrogens (primary N) is 2. The Morgan fingerprint density at radius 3 is 1.64 bits per heavy atom. The first-order valence-corrected chi connectivity index (χ1v) is 15.8. The molecule has 10 heteroatoms. The topological polar surface area (TPSA) is 133 Å². The van der Waals surface area contributed by atoms with E-state index in [0.717, 1.165) is 57.5 Å². The first-order chi connectivity index (χ1) is 22.0. The van der Waals surface area contributed by atoms with Gasteiger partial charge in [0.05, 0.1) is 23.4 Å². The molecule has 1 aliphatic carbocycles. The van der Waals surface area contributed by atoms with E-state index in [1.165, 1.54) is 51.1 Å². The standard InChI is InChI=1S/C17H17N5.C13H9ClN4.C5H10/c18-15-11-20-16(17(21-15)22-8-1-2-9-22)13-5-6-14-12(10-13)4-3-7-19-14;14-13-12(17-7-11(15)18-13)9-3-4-10-8(6-9)2-1-5-16-10;1-2-4-5-3-1/h3-7,10-11H,1-2,8-9H2,(H2,18,21);1-7H,(H2,15,18);1-5H2. The summed E-state index contributed by atoms with van der Waals surface area (Å²) >= 11 is 6.05. The molecule has 0 atom stereocenters. The Morgan fingerprint density at radius 1 is 0.578 bits per heavy atom. The van der Waals surface area contributed by atoms with Crippen molar-refractivity contribution in [2.24, 2.45) is 0 Å². The Bertz CT molecular complexity index is 1890. The van der Waals surface area contributed by atoms with Gasteiger partial charge in [-0.25, -0.2) is 19.9 Å². The van der Waals surface area contributed by atoms with Crippen molar-refractivity contribution < 1.29 is 0 Å². The summed E-state index contributed by atoms with van der Waals surface area (Å²) in [4.78, 5) is 28.2. The van der Waals surface area contributed by atoms with Gasteiger partial charge >= 0.3 is 0 Å². The average molecular weight is 618 g/mol. The predicted octanol–water partition coefficient (Wildman–Crippen LogP) is 7.75. The third kappa shape index (κ3) is 7.44. The van der Waals surface area contributed by atoms with E-state index in [-0.39, 0.29) is 0 Å². The Hall–Kier alpha value is -4.89. The number of pyridine rings is 2. The molecule has 4 aromatic heterocycles. The number of anilines is 3. The summed E-state index contributed by atoms with van der Waals surface area (Å²) in [6.45, 7) is 2.03. The van der Waals surface area contributed by atoms with Crippen molar-refractivity contribution in [1.82, 2.24) is 29.9 Å². The zero-order valence-electron chi connectivity index (χ0n) is 25.1. The number of hydrogen-bond donors (Lipinski definition) is 2. The van der Waals surface area contributed by atoms with Gasteiger partial charge in [-0.15, -0.1) is 0 Å². The molecule has 1 saturated carbocycles. The molecule has 0 spiro atoms. The van der Waals surface area contributed by atoms with Crippen LogP contribution < -0.4 is 16.4 Å². The number of fused-ring (bicyclic) bond motifs is 2. The molecule has 6 aromatic rings. The van der Waals surface area contributed by atoms with Crippen LogP contribution in [0.2, 0.25) is 5.15 Å². The smallest absolute Gasteiger partial charge is 0.157 e. The minimum atomic E-state index is 0.304. The summed E-state index contributed by atoms with van der Waals surface area (Å²) in [6, 6.07) is 19.9. The Labute approximate surface area is 267 Å². The molecule has 45 heavy (non-hydrogen) atoms. The van der Waals surface area contributed by atoms with Crippen molar-refractivity contribution >= 4 is 50.9 Å². The lowest BCUT2D eigenvalue weighted by Crippen LogP contribution is -2.21. The number of halogens is 1. The maximum Gasteiger partial charge on any atom is 0.157 e. The molecular formula is C35H36ClN9. The van der Waals surface area contributed by atoms with Crippen LogP contribution in [0, 0.1) is 0 Å². The van der Waals surface area contributed by atoms with E-state index < -0.39 is 0 Å². The summed E-state index contributed by atoms with van der Waals surface area (Å²) in [7, 11) is 0. The van der Waals surface area contributed by atoms with E-state index >= 15 is 0 Å². The molecule has 1 saturated heterocycles. The highest BCUT2D eigenvalue weighted by Gasteiger charge is 2.20. The quantitative estimate of drug-likeness (QED) is 0.204. The molecule has 9 nitrogen and oxygen atoms in total. The second-order valence-corrected chi connectivity index (χ2v) is 11.5. The number of nitrogens with zero attached hydrogens (tertiary/aromatic N) is 7. The maximum atomic E-state index is 6.05. The molecule has 228 valence electrons. The molecule has 1 aliphatic heterocycles. The van der Waals surface area contributed by atoms with E-state index in [4.69, 9.17) is 23.1 Å². The number of hydrogen-bond acceptors (Lipinski definition) is 9. The zero-order valence-corrected chi connectivity index (χ0v) is 25.9. The van der Waals surface area contributed by atoms with Crippen LogP contribution in [0.15, 0.2) is 85.5 Å². The second kappa shape index (κ2) is 14.3. The van der Waals surface area contributed by atoms with Crippen LogP contribution in [0.5, 0.6) is 0 Å². The predicted molar refractivity (Wildman–Crippen MR) is 184 cm³/mol. The third-order valence-corrected chi connectivity index (χ3v) is 8.19. The molecule has 2 aromatic carbocycles. The van der Waals surface area contributed by atoms with Crippen molar-refractivity contribution in [3.8, 4) is 22.5 Å². The first kappa shape index (κ1) is 30.1. The highest BCUT2D eigenvalue weighted by Crippen LogP contribution is 2.32. The molecule has 0 bridgehead atoms. The molecule has 8 rings (SSSR count). The fraction of sp³-hybridized carbons (Fsp3) is 0.257. The molecule has 2 aliphatic rings. The van der Waals surface area contributed by atoms with Crippen LogP contribution in [0.1, 0.15) is 44.9 Å². The van der Waals surface area contributed by atoms with Gasteiger partial charge in [-0.3, -0.25) is 9.97 Å². The van der Waals surface area contributed by atoms with Crippen LogP contribution in [0.3, 0.4) is 0 Å². The van der Waals surface area contributed by atoms with Gasteiger partial charge in [0.15, 0.2) is 11.0 Å². The lowest BCUT2D eigenvalue weighted by molar-refractivity contribution is 0.886. The largest absolute Gasteiger partial charge is 0.382 e. The van der Waals surface area contributed by atoms with Crippen molar-refractivity contribution in [3.05, 3.63) is 90.6 Å². The number of benzene rings is 2. The average Bonchev–Trinajstić information content (AvgIpc) is 3.83. The van der Waals surface area contributed by atoms with Crippen molar-refractivity contribution in [3.63, 3.8) is 0 Å². The van der Waals surface area contributed by atoms with E-state index in [0.29, 0.717) is 22.5 Å². The van der Waals surface area contributed by atoms with Gasteiger partial charge in [0.1, 0.15) is 23.0 Å². The van der Waals surface area contributed by atoms with E-state index in [1.54, 1.807) is 18.6 Å². The fourth-order valence-electron chi connectivity index (χ4n) is 5.65. The first-order valence-electron chi connectivity index (χ1n) is 15.4. The monoisotopic (exact) mass is 617 g/mol. The van der Waals surface area contributed by atoms with E-state index in [1.807, 2.05) is 42.5 Å². The number of nitrogen functional groups attached to an aromatic ring is 2. The van der Waals surface area contributed by atoms with Gasteiger partial charge < -0.3 is 16.4 Å². The molecule has 4 N–H and O–H groups in total. The lowest BCUT2D eigenvalue weighted by Gasteiger charge is -2.19. The fourth-order valence-corrected chi connectivity index (χ4v) is 5.90. The van der Waals surface area contributed by atoms with Crippen LogP contribution >= 0.6 is 11.6 Å². The zero-order chi connectivity index (χ0) is 31.0. The molecule has 0 radical (unpaired) electrons. The van der Waals surface area contributed by atoms with Crippen molar-refractivity contribution in [1.29, 1.82) is 0 Å². The van der Waals surface area contributed by atoms with Crippen LogP contribution in [-0.2, 0) is 0 Å². The van der Waals surface area contributed by atoms with Crippen molar-refractivity contribution in [2.45, 2.75) is 44.9 Å². The SMILES string of the molecule is C1CCCC1.Nc1cnc(-c2ccc3ncccc3c2)c(Cl)n1.Nc1cnc(-c2ccc3ncccc3c2)c(N2CCCC2)n1. The van der Waals surface area contributed by atoms with Gasteiger partial charge in [0.25, 0.3) is 0 Å². The molecule has 0 amide bonds. The maximum absolute atomic E-state index is 6.05. The minimum absolute atomic E-state index is 0.304. The summed E-state index contributed by atoms with van der Waals surface area (Å²) in [5.74, 6) is 1.67. The van der Waals surface area contributed by atoms with Crippen LogP contribution in [0.25, 0.3) is 44.3 Å². The van der Waals surface area contributed by atoms with Gasteiger partial charge in [0.2, 0.25) is 0 Å².